The number of nitrogens with one attached hydrogen (secondary N) is 1. The molecule has 0 unspecified atom stereocenters. The molecule has 0 saturated heterocycles. The molecule has 0 saturated carbocycles. The molecule has 2 amide bonds. The van der Waals surface area contributed by atoms with Crippen LogP contribution in [0.15, 0.2) is 54.6 Å². The molecule has 0 aliphatic heterocycles. The van der Waals surface area contributed by atoms with E-state index in [1.54, 1.807) is 25.1 Å². The van der Waals surface area contributed by atoms with E-state index in [1.807, 2.05) is 64.1 Å². The lowest BCUT2D eigenvalue weighted by molar-refractivity contribution is -0.140. The van der Waals surface area contributed by atoms with Crippen molar-refractivity contribution in [1.82, 2.24) is 10.2 Å². The molecule has 8 heteroatoms. The van der Waals surface area contributed by atoms with Crippen LogP contribution in [0.5, 0.6) is 0 Å². The fourth-order valence-electron chi connectivity index (χ4n) is 3.23. The Balaban J connectivity index is 2.38. The van der Waals surface area contributed by atoms with Crippen molar-refractivity contribution in [3.63, 3.8) is 0 Å². The Labute approximate surface area is 191 Å². The lowest BCUT2D eigenvalue weighted by Crippen LogP contribution is -2.54. The maximum atomic E-state index is 13.4. The molecule has 0 bridgehead atoms. The second-order valence-electron chi connectivity index (χ2n) is 9.03. The highest BCUT2D eigenvalue weighted by molar-refractivity contribution is 7.92. The Morgan fingerprint density at radius 1 is 1.03 bits per heavy atom. The second-order valence-corrected chi connectivity index (χ2v) is 10.9. The summed E-state index contributed by atoms with van der Waals surface area (Å²) in [5.74, 6) is -0.763. The van der Waals surface area contributed by atoms with Gasteiger partial charge < -0.3 is 10.2 Å². The number of aryl methyl sites for hydroxylation is 1. The molecule has 2 rings (SSSR count). The van der Waals surface area contributed by atoms with Crippen LogP contribution in [0.4, 0.5) is 5.69 Å². The summed E-state index contributed by atoms with van der Waals surface area (Å²) in [6, 6.07) is 15.5. The van der Waals surface area contributed by atoms with Crippen molar-refractivity contribution in [3.05, 3.63) is 65.7 Å². The molecule has 32 heavy (non-hydrogen) atoms. The number of hydrogen-bond acceptors (Lipinski definition) is 4. The molecule has 0 aromatic heterocycles. The molecule has 1 N–H and O–H groups in total. The highest BCUT2D eigenvalue weighted by atomic mass is 32.2. The Morgan fingerprint density at radius 3 is 2.19 bits per heavy atom. The van der Waals surface area contributed by atoms with Gasteiger partial charge in [-0.05, 0) is 57.9 Å². The van der Waals surface area contributed by atoms with Gasteiger partial charge in [-0.2, -0.15) is 0 Å². The van der Waals surface area contributed by atoms with E-state index in [-0.39, 0.29) is 12.5 Å². The van der Waals surface area contributed by atoms with Crippen LogP contribution in [0.1, 0.15) is 38.8 Å². The summed E-state index contributed by atoms with van der Waals surface area (Å²) >= 11 is 0. The molecule has 0 fully saturated rings. The van der Waals surface area contributed by atoms with Crippen LogP contribution in [-0.4, -0.2) is 49.5 Å². The number of carbonyl (C=O) groups excluding carboxylic acids is 2. The highest BCUT2D eigenvalue weighted by Crippen LogP contribution is 2.20. The third-order valence-electron chi connectivity index (χ3n) is 4.83. The lowest BCUT2D eigenvalue weighted by Gasteiger charge is -2.33. The van der Waals surface area contributed by atoms with Crippen molar-refractivity contribution in [1.29, 1.82) is 0 Å². The van der Waals surface area contributed by atoms with Crippen molar-refractivity contribution in [2.75, 3.05) is 17.1 Å². The largest absolute Gasteiger partial charge is 0.350 e. The van der Waals surface area contributed by atoms with Crippen LogP contribution >= 0.6 is 0 Å². The molecule has 1 atom stereocenters. The van der Waals surface area contributed by atoms with E-state index in [1.165, 1.54) is 4.90 Å². The summed E-state index contributed by atoms with van der Waals surface area (Å²) in [5, 5.41) is 2.90. The van der Waals surface area contributed by atoms with E-state index < -0.39 is 34.1 Å². The fraction of sp³-hybridized carbons (Fsp3) is 0.417. The minimum absolute atomic E-state index is 0.184. The van der Waals surface area contributed by atoms with Gasteiger partial charge in [-0.25, -0.2) is 8.42 Å². The third kappa shape index (κ3) is 7.37. The topological polar surface area (TPSA) is 86.8 Å². The van der Waals surface area contributed by atoms with E-state index in [4.69, 9.17) is 0 Å². The van der Waals surface area contributed by atoms with Gasteiger partial charge >= 0.3 is 0 Å². The molecule has 2 aromatic rings. The fourth-order valence-corrected chi connectivity index (χ4v) is 4.08. The van der Waals surface area contributed by atoms with Crippen LogP contribution < -0.4 is 9.62 Å². The zero-order valence-corrected chi connectivity index (χ0v) is 20.4. The predicted molar refractivity (Wildman–Crippen MR) is 128 cm³/mol. The number of carbonyl (C=O) groups is 2. The molecule has 0 aliphatic rings. The molecule has 0 heterocycles. The number of benzene rings is 2. The van der Waals surface area contributed by atoms with Gasteiger partial charge in [-0.1, -0.05) is 42.5 Å². The van der Waals surface area contributed by atoms with Crippen molar-refractivity contribution in [3.8, 4) is 0 Å². The monoisotopic (exact) mass is 459 g/mol. The van der Waals surface area contributed by atoms with Gasteiger partial charge in [0.2, 0.25) is 21.8 Å². The summed E-state index contributed by atoms with van der Waals surface area (Å²) in [6.45, 7) is 8.89. The minimum Gasteiger partial charge on any atom is -0.350 e. The smallest absolute Gasteiger partial charge is 0.244 e. The average molecular weight is 460 g/mol. The average Bonchev–Trinajstić information content (AvgIpc) is 2.68. The van der Waals surface area contributed by atoms with Gasteiger partial charge in [-0.15, -0.1) is 0 Å². The molecule has 0 radical (unpaired) electrons. The van der Waals surface area contributed by atoms with Crippen LogP contribution in [0.2, 0.25) is 0 Å². The van der Waals surface area contributed by atoms with Gasteiger partial charge in [0.1, 0.15) is 12.6 Å². The molecular weight excluding hydrogens is 426 g/mol. The SMILES string of the molecule is Cc1cccc(N(CC(=O)N(Cc2ccccc2)[C@H](C)C(=O)NC(C)(C)C)S(C)(=O)=O)c1. The Morgan fingerprint density at radius 2 is 1.66 bits per heavy atom. The molecule has 174 valence electrons. The summed E-state index contributed by atoms with van der Waals surface area (Å²) in [6.07, 6.45) is 1.07. The number of amides is 2. The number of hydrogen-bond donors (Lipinski definition) is 1. The first-order valence-electron chi connectivity index (χ1n) is 10.5. The first-order chi connectivity index (χ1) is 14.8. The van der Waals surface area contributed by atoms with E-state index in [2.05, 4.69) is 5.32 Å². The van der Waals surface area contributed by atoms with Gasteiger partial charge in [0.15, 0.2) is 0 Å². The lowest BCUT2D eigenvalue weighted by atomic mass is 10.1. The summed E-state index contributed by atoms with van der Waals surface area (Å²) < 4.78 is 26.1. The predicted octanol–water partition coefficient (Wildman–Crippen LogP) is 3.09. The van der Waals surface area contributed by atoms with Crippen LogP contribution in [0.3, 0.4) is 0 Å². The van der Waals surface area contributed by atoms with Gasteiger partial charge in [0, 0.05) is 12.1 Å². The standard InChI is InChI=1S/C24H33N3O4S/c1-18-11-10-14-21(15-18)27(32(6,30)31)17-22(28)26(16-20-12-8-7-9-13-20)19(2)23(29)25-24(3,4)5/h7-15,19H,16-17H2,1-6H3,(H,25,29)/t19-/m1/s1. The number of sulfonamides is 1. The van der Waals surface area contributed by atoms with Gasteiger partial charge in [0.05, 0.1) is 11.9 Å². The van der Waals surface area contributed by atoms with Crippen molar-refractivity contribution >= 4 is 27.5 Å². The number of nitrogens with zero attached hydrogens (tertiary/aromatic N) is 2. The molecule has 7 nitrogen and oxygen atoms in total. The first-order valence-corrected chi connectivity index (χ1v) is 12.3. The van der Waals surface area contributed by atoms with Crippen molar-refractivity contribution in [2.45, 2.75) is 52.7 Å². The quantitative estimate of drug-likeness (QED) is 0.657. The summed E-state index contributed by atoms with van der Waals surface area (Å²) in [7, 11) is -3.73. The van der Waals surface area contributed by atoms with Crippen LogP contribution in [-0.2, 0) is 26.2 Å². The first kappa shape index (κ1) is 25.4. The molecule has 0 aliphatic carbocycles. The number of anilines is 1. The van der Waals surface area contributed by atoms with Crippen molar-refractivity contribution < 1.29 is 18.0 Å². The van der Waals surface area contributed by atoms with Crippen LogP contribution in [0, 0.1) is 6.92 Å². The normalized spacial score (nSPS) is 12.7. The molecule has 2 aromatic carbocycles. The van der Waals surface area contributed by atoms with Gasteiger partial charge in [0.25, 0.3) is 0 Å². The van der Waals surface area contributed by atoms with Gasteiger partial charge in [-0.3, -0.25) is 13.9 Å². The number of rotatable bonds is 8. The summed E-state index contributed by atoms with van der Waals surface area (Å²) in [5.41, 5.74) is 1.67. The van der Waals surface area contributed by atoms with E-state index >= 15 is 0 Å². The van der Waals surface area contributed by atoms with Crippen LogP contribution in [0.25, 0.3) is 0 Å². The van der Waals surface area contributed by atoms with E-state index in [0.717, 1.165) is 21.7 Å². The zero-order chi connectivity index (χ0) is 24.1. The Hall–Kier alpha value is -2.87. The van der Waals surface area contributed by atoms with Crippen molar-refractivity contribution in [2.24, 2.45) is 0 Å². The minimum atomic E-state index is -3.73. The molecular formula is C24H33N3O4S. The maximum absolute atomic E-state index is 13.4. The summed E-state index contributed by atoms with van der Waals surface area (Å²) in [4.78, 5) is 27.7. The Bertz CT molecular complexity index is 1050. The molecule has 0 spiro atoms. The highest BCUT2D eigenvalue weighted by Gasteiger charge is 2.31. The third-order valence-corrected chi connectivity index (χ3v) is 5.97. The second kappa shape index (κ2) is 10.2. The van der Waals surface area contributed by atoms with E-state index in [9.17, 15) is 18.0 Å². The Kier molecular flexibility index (Phi) is 8.07. The maximum Gasteiger partial charge on any atom is 0.244 e. The zero-order valence-electron chi connectivity index (χ0n) is 19.6. The van der Waals surface area contributed by atoms with E-state index in [0.29, 0.717) is 5.69 Å².